The van der Waals surface area contributed by atoms with Crippen molar-refractivity contribution >= 4 is 1190 Å². The molecule has 0 atom stereocenters. The molecule has 0 saturated heterocycles. The fraction of sp³-hybridized carbons (Fsp3) is 0. The molecule has 0 heterocycles. The van der Waals surface area contributed by atoms with E-state index >= 15 is 0 Å². The van der Waals surface area contributed by atoms with Gasteiger partial charge < -0.3 is 0 Å². The molecule has 128 heavy (non-hydrogen) atoms. The molecule has 0 aromatic rings. The quantitative estimate of drug-likeness (QED) is 0.0400. The lowest BCUT2D eigenvalue weighted by Crippen LogP contribution is -2.41. The number of hydrogen-bond acceptors (Lipinski definition) is 84. The Balaban J connectivity index is 8.97. The number of thiol groups is 1. The predicted octanol–water partition coefficient (Wildman–Crippen LogP) is 0.964. The second-order valence-electron chi connectivity index (χ2n) is 17.2. The SMILES string of the molecule is S=S(=S)(S)S(=S)(=S)S(=S)(=S)S(=S)(=S)S(=S)(=S)S(=S)(=S)S(=S)(=S)S(=S)(=S)S(=S)(=S)S(=S)(=S)S(=S)(=S)S(=S)(=S)S(=S)(=S)S(=S)(=S)S(=S)(=S)S(=S)(=S)S(=S)(=S)S(=S)(=S)S(=S)(=S)S(=S)(=S)S(=S)(=S)S(=S)(=S)S(=S)(=S)S(=S)(=S)S(=S)(=S)S(=S)(=S)S(=S)(=S)S(=S)(=S)S(=S)(=S)S(=S)(=S)S(=S)(=S)S(=S)(=S)S(=S)(=S)S(=S)(=S)S(=S)(=S)S(=S)(=S)S(=S)(=S)S(=S)(=S)S(=S)(=S)S(=S)(=S)S(=S)(=S)S(=S)(=S)I. The largest absolute Gasteiger partial charge is 0.0917 e. The van der Waals surface area contributed by atoms with E-state index in [1.54, 1.807) is 21.2 Å². The Labute approximate surface area is 1150 Å². The van der Waals surface area contributed by atoms with Gasteiger partial charge in [-0.2, -0.15) is 0 Å². The van der Waals surface area contributed by atoms with E-state index in [0.29, 0.717) is 0 Å². The minimum absolute atomic E-state index is 1.72. The van der Waals surface area contributed by atoms with Gasteiger partial charge in [0.15, 0.2) is 0 Å². The van der Waals surface area contributed by atoms with Crippen LogP contribution in [0.1, 0.15) is 0 Å². The normalized spacial score (nSPS) is 17.1. The summed E-state index contributed by atoms with van der Waals surface area (Å²) in [7, 11) is 0. The predicted molar refractivity (Wildman–Crippen MR) is 951 cm³/mol. The third-order valence-corrected chi connectivity index (χ3v) is 838. The second kappa shape index (κ2) is 50.5. The van der Waals surface area contributed by atoms with Gasteiger partial charge in [0, 0.05) is 238 Å². The summed E-state index contributed by atoms with van der Waals surface area (Å²) in [6.07, 6.45) is 0. The highest BCUT2D eigenvalue weighted by Crippen LogP contribution is 2.49. The van der Waals surface area contributed by atoms with E-state index < -0.39 is 217 Å². The van der Waals surface area contributed by atoms with Crippen molar-refractivity contribution in [1.29, 1.82) is 0 Å². The van der Waals surface area contributed by atoms with Crippen LogP contribution in [0.2, 0.25) is 0 Å². The third-order valence-electron chi connectivity index (χ3n) is 10.3. The Morgan fingerprint density at radius 1 is 0.0781 bits per heavy atom. The first-order valence-electron chi connectivity index (χ1n) is 21.2. The summed E-state index contributed by atoms with van der Waals surface area (Å²) in [6.45, 7) is 0. The van der Waals surface area contributed by atoms with Crippen LogP contribution in [-0.2, 0) is 1160 Å². The van der Waals surface area contributed by atoms with Crippen molar-refractivity contribution in [1.82, 2.24) is 0 Å². The molecule has 0 saturated carbocycles. The van der Waals surface area contributed by atoms with Gasteiger partial charge in [0.05, 0.1) is 0 Å². The lowest BCUT2D eigenvalue weighted by molar-refractivity contribution is 4.96. The maximum Gasteiger partial charge on any atom is 0.0451 e. The first-order chi connectivity index (χ1) is 53.2. The Hall–Kier alpha value is 34.3. The Kier molecular flexibility index (Phi) is 64.1. The first kappa shape index (κ1) is 162. The zero-order valence-electron chi connectivity index (χ0n) is 52.3. The highest BCUT2D eigenvalue weighted by molar-refractivity contribution is 14.2. The van der Waals surface area contributed by atoms with Crippen LogP contribution in [0, 0.1) is 0 Å². The van der Waals surface area contributed by atoms with Crippen LogP contribution in [0.3, 0.4) is 0 Å². The van der Waals surface area contributed by atoms with Crippen LogP contribution in [0.15, 0.2) is 0 Å². The first-order valence-corrected chi connectivity index (χ1v) is 192. The van der Waals surface area contributed by atoms with E-state index in [1.165, 1.54) is 0 Å². The Bertz CT molecular complexity index is 9620. The molecule has 0 aliphatic carbocycles. The fourth-order valence-corrected chi connectivity index (χ4v) is 1000. The summed E-state index contributed by atoms with van der Waals surface area (Å²) < 4.78 is -2.81. The minimum atomic E-state index is -4.33. The number of hydrogen-bond donors (Lipinski definition) is 1. The molecule has 770 valence electrons. The van der Waals surface area contributed by atoms with Gasteiger partial charge in [-0.3, -0.25) is 0 Å². The standard InChI is InChI=1S/HIS127/c1-87(2,3)89(7,8)91(11,12)93(15,16)95(19,20)97(23,24)99(27,28)101(31,32)103(35,36)105(39,40)107(43,44)109(47,48)111(51,52)113(55,56)115(59,60)117(63,64)119(67,68)121(71,72)123(75,76)125(79,80)127(83,84)128(85,86)126(81,82)124(77,78)122(73,74)120(69,70)118(65,66)116(61,62)114(57,58)112(53,54)110(49,50)108(45,46)106(41,42)104(37,38)102(33,34)100(29,30)98(25,26)96(21,22)94(17,18)92(13,14)90(9,10)88(4,5)6/h(H,4,5,6). The van der Waals surface area contributed by atoms with Gasteiger partial charge in [-0.05, 0) is 940 Å². The molecule has 0 aliphatic heterocycles. The van der Waals surface area contributed by atoms with Crippen LogP contribution in [0.25, 0.3) is 0 Å². The van der Waals surface area contributed by atoms with Crippen molar-refractivity contribution in [2.75, 3.05) is 0 Å². The van der Waals surface area contributed by atoms with Crippen LogP contribution < -0.4 is 0 Å². The molecule has 0 aromatic heterocycles. The molecule has 0 aromatic carbocycles. The van der Waals surface area contributed by atoms with E-state index in [1.807, 2.05) is 0 Å². The van der Waals surface area contributed by atoms with Gasteiger partial charge in [-0.15, -0.1) is 0 Å². The van der Waals surface area contributed by atoms with E-state index in [0.717, 1.165) is 0 Å². The molecular formula is HIS127. The molecule has 128 heteroatoms. The lowest BCUT2D eigenvalue weighted by Gasteiger charge is -2.37. The number of halogens is 1. The molecule has 0 fully saturated rings. The summed E-state index contributed by atoms with van der Waals surface area (Å²) in [5.41, 5.74) is 0. The summed E-state index contributed by atoms with van der Waals surface area (Å²) in [4.78, 5) is 0. The van der Waals surface area contributed by atoms with Crippen LogP contribution in [-0.4, -0.2) is 0 Å². The molecule has 0 N–H and O–H groups in total. The Morgan fingerprint density at radius 3 is 0.156 bits per heavy atom. The van der Waals surface area contributed by atoms with Gasteiger partial charge in [0.1, 0.15) is 0 Å². The van der Waals surface area contributed by atoms with Crippen molar-refractivity contribution in [3.05, 3.63) is 0 Å². The zero-order chi connectivity index (χ0) is 107. The van der Waals surface area contributed by atoms with Crippen molar-refractivity contribution in [2.45, 2.75) is 0 Å². The van der Waals surface area contributed by atoms with Gasteiger partial charge in [0.25, 0.3) is 0 Å². The monoisotopic (exact) mass is 4190 g/mol. The number of rotatable bonds is 41. The molecule has 0 radical (unpaired) electrons. The zero-order valence-corrected chi connectivity index (χ0v) is 158. The maximum atomic E-state index is 6.29. The second-order valence-corrected chi connectivity index (χ2v) is 469. The molecule has 0 bridgehead atoms. The molecule has 0 aliphatic rings. The lowest BCUT2D eigenvalue weighted by atomic mass is 29.7. The highest BCUT2D eigenvalue weighted by atomic mass is 127. The summed E-state index contributed by atoms with van der Waals surface area (Å²) in [5.74, 6) is 0. The Morgan fingerprint density at radius 2 is 0.117 bits per heavy atom. The summed E-state index contributed by atoms with van der Waals surface area (Å²) >= 11 is 522. The minimum Gasteiger partial charge on any atom is -0.0917 e. The molecule has 0 rings (SSSR count). The van der Waals surface area contributed by atoms with E-state index in [2.05, 4.69) is 11.7 Å². The maximum absolute atomic E-state index is 6.29. The third kappa shape index (κ3) is 25.0. The van der Waals surface area contributed by atoms with Crippen molar-refractivity contribution in [3.63, 3.8) is 0 Å². The fourth-order valence-electron chi connectivity index (χ4n) is 4.08. The highest BCUT2D eigenvalue weighted by Gasteiger charge is 2.53. The van der Waals surface area contributed by atoms with Crippen LogP contribution >= 0.6 is 32.9 Å². The van der Waals surface area contributed by atoms with E-state index in [-0.39, 0.29) is 0 Å². The smallest absolute Gasteiger partial charge is 0.0451 e. The van der Waals surface area contributed by atoms with Gasteiger partial charge >= 0.3 is 0 Å². The van der Waals surface area contributed by atoms with E-state index in [9.17, 15) is 0 Å². The van der Waals surface area contributed by atoms with Gasteiger partial charge in [-0.25, -0.2) is 0 Å². The van der Waals surface area contributed by atoms with E-state index in [4.69, 9.17) is 940 Å². The van der Waals surface area contributed by atoms with Gasteiger partial charge in [0.2, 0.25) is 0 Å². The molecule has 0 spiro atoms. The average Bonchev–Trinajstić information content (AvgIpc) is 0.659. The average molecular weight is 4200 g/mol. The topological polar surface area (TPSA) is 0 Å². The molecule has 0 unspecified atom stereocenters. The molecule has 0 nitrogen and oxygen atoms in total. The summed E-state index contributed by atoms with van der Waals surface area (Å²) in [6, 6.07) is 0. The van der Waals surface area contributed by atoms with Crippen molar-refractivity contribution in [2.24, 2.45) is 0 Å². The van der Waals surface area contributed by atoms with Gasteiger partial charge in [-0.1, -0.05) is 11.7 Å². The van der Waals surface area contributed by atoms with Crippen LogP contribution in [0.5, 0.6) is 0 Å². The van der Waals surface area contributed by atoms with Crippen molar-refractivity contribution < 1.29 is 0 Å². The van der Waals surface area contributed by atoms with Crippen LogP contribution in [0.4, 0.5) is 0 Å². The molecular weight excluding hydrogens is 4200 g/mol. The van der Waals surface area contributed by atoms with Crippen molar-refractivity contribution in [3.8, 4) is 0 Å². The summed E-state index contributed by atoms with van der Waals surface area (Å²) in [5, 5.41) is -167. The molecule has 0 amide bonds.